The Kier molecular flexibility index (Phi) is 2.38. The standard InChI is InChI=1S/C12H13NO4S/c14-12(15)10-7-13(18(16,17)8-5-6-8)11-4-2-1-3-9(10)11/h1-4,8,10H,5-7H2,(H,14,15). The maximum atomic E-state index is 12.3. The van der Waals surface area contributed by atoms with Crippen molar-refractivity contribution in [3.05, 3.63) is 29.8 Å². The monoisotopic (exact) mass is 267 g/mol. The molecule has 1 unspecified atom stereocenters. The molecular formula is C12H13NO4S. The molecule has 3 rings (SSSR count). The van der Waals surface area contributed by atoms with Crippen molar-refractivity contribution in [2.45, 2.75) is 24.0 Å². The predicted molar refractivity (Wildman–Crippen MR) is 66.1 cm³/mol. The maximum Gasteiger partial charge on any atom is 0.312 e. The molecule has 1 heterocycles. The molecule has 2 aliphatic rings. The molecule has 6 heteroatoms. The van der Waals surface area contributed by atoms with Gasteiger partial charge in [-0.15, -0.1) is 0 Å². The van der Waals surface area contributed by atoms with E-state index in [0.717, 1.165) is 0 Å². The van der Waals surface area contributed by atoms with Gasteiger partial charge < -0.3 is 5.11 Å². The molecule has 96 valence electrons. The summed E-state index contributed by atoms with van der Waals surface area (Å²) in [6, 6.07) is 6.84. The number of fused-ring (bicyclic) bond motifs is 1. The average Bonchev–Trinajstić information content (AvgIpc) is 3.09. The van der Waals surface area contributed by atoms with Gasteiger partial charge in [0.15, 0.2) is 0 Å². The summed E-state index contributed by atoms with van der Waals surface area (Å²) in [5.41, 5.74) is 1.12. The molecule has 0 radical (unpaired) electrons. The number of carbonyl (C=O) groups is 1. The van der Waals surface area contributed by atoms with Gasteiger partial charge in [-0.2, -0.15) is 0 Å². The van der Waals surface area contributed by atoms with Crippen LogP contribution in [0.2, 0.25) is 0 Å². The van der Waals surface area contributed by atoms with E-state index in [-0.39, 0.29) is 11.8 Å². The minimum absolute atomic E-state index is 0.0213. The van der Waals surface area contributed by atoms with Crippen molar-refractivity contribution >= 4 is 21.7 Å². The summed E-state index contributed by atoms with van der Waals surface area (Å²) in [6.07, 6.45) is 1.36. The molecule has 1 N–H and O–H groups in total. The highest BCUT2D eigenvalue weighted by Crippen LogP contribution is 2.42. The number of aliphatic carboxylic acids is 1. The quantitative estimate of drug-likeness (QED) is 0.892. The first-order valence-corrected chi connectivity index (χ1v) is 7.35. The highest BCUT2D eigenvalue weighted by Gasteiger charge is 2.45. The average molecular weight is 267 g/mol. The van der Waals surface area contributed by atoms with Gasteiger partial charge in [0, 0.05) is 0 Å². The second-order valence-corrected chi connectivity index (χ2v) is 6.86. The van der Waals surface area contributed by atoms with E-state index in [1.807, 2.05) is 0 Å². The number of anilines is 1. The van der Waals surface area contributed by atoms with Crippen molar-refractivity contribution in [1.29, 1.82) is 0 Å². The Morgan fingerprint density at radius 2 is 1.94 bits per heavy atom. The third kappa shape index (κ3) is 1.59. The van der Waals surface area contributed by atoms with Crippen LogP contribution in [0.3, 0.4) is 0 Å². The first kappa shape index (κ1) is 11.5. The first-order valence-electron chi connectivity index (χ1n) is 5.85. The van der Waals surface area contributed by atoms with Crippen molar-refractivity contribution in [2.75, 3.05) is 10.8 Å². The number of para-hydroxylation sites is 1. The third-order valence-electron chi connectivity index (χ3n) is 3.48. The SMILES string of the molecule is O=C(O)C1CN(S(=O)(=O)C2CC2)c2ccccc21. The number of carboxylic acid groups (broad SMARTS) is 1. The van der Waals surface area contributed by atoms with Crippen LogP contribution in [0.15, 0.2) is 24.3 Å². The minimum atomic E-state index is -3.38. The molecule has 1 aliphatic carbocycles. The van der Waals surface area contributed by atoms with Crippen LogP contribution in [0.25, 0.3) is 0 Å². The van der Waals surface area contributed by atoms with E-state index in [4.69, 9.17) is 0 Å². The molecule has 1 aromatic rings. The molecule has 1 saturated carbocycles. The number of rotatable bonds is 3. The van der Waals surface area contributed by atoms with Crippen LogP contribution in [0.4, 0.5) is 5.69 Å². The van der Waals surface area contributed by atoms with Gasteiger partial charge in [-0.25, -0.2) is 8.42 Å². The van der Waals surface area contributed by atoms with Crippen molar-refractivity contribution < 1.29 is 18.3 Å². The van der Waals surface area contributed by atoms with E-state index in [2.05, 4.69) is 0 Å². The number of sulfonamides is 1. The van der Waals surface area contributed by atoms with E-state index in [1.165, 1.54) is 4.31 Å². The maximum absolute atomic E-state index is 12.3. The van der Waals surface area contributed by atoms with Gasteiger partial charge in [-0.1, -0.05) is 18.2 Å². The molecule has 0 aromatic heterocycles. The Morgan fingerprint density at radius 1 is 1.28 bits per heavy atom. The second-order valence-electron chi connectivity index (χ2n) is 4.73. The largest absolute Gasteiger partial charge is 0.481 e. The number of hydrogen-bond donors (Lipinski definition) is 1. The Hall–Kier alpha value is -1.56. The van der Waals surface area contributed by atoms with E-state index in [1.54, 1.807) is 24.3 Å². The zero-order valence-electron chi connectivity index (χ0n) is 9.61. The van der Waals surface area contributed by atoms with Gasteiger partial charge in [0.05, 0.1) is 17.5 Å². The van der Waals surface area contributed by atoms with Crippen LogP contribution in [0.1, 0.15) is 24.3 Å². The molecule has 1 fully saturated rings. The zero-order valence-corrected chi connectivity index (χ0v) is 10.4. The number of benzene rings is 1. The fraction of sp³-hybridized carbons (Fsp3) is 0.417. The second kappa shape index (κ2) is 3.71. The molecule has 1 atom stereocenters. The van der Waals surface area contributed by atoms with Crippen molar-refractivity contribution in [3.63, 3.8) is 0 Å². The normalized spacial score (nSPS) is 22.9. The molecule has 1 aliphatic heterocycles. The lowest BCUT2D eigenvalue weighted by atomic mass is 10.0. The summed E-state index contributed by atoms with van der Waals surface area (Å²) in [7, 11) is -3.38. The smallest absolute Gasteiger partial charge is 0.312 e. The van der Waals surface area contributed by atoms with Crippen LogP contribution in [0.5, 0.6) is 0 Å². The number of hydrogen-bond acceptors (Lipinski definition) is 3. The lowest BCUT2D eigenvalue weighted by molar-refractivity contribution is -0.138. The summed E-state index contributed by atoms with van der Waals surface area (Å²) in [6.45, 7) is 0.0213. The molecule has 0 saturated heterocycles. The van der Waals surface area contributed by atoms with Gasteiger partial charge in [-0.3, -0.25) is 9.10 Å². The summed E-state index contributed by atoms with van der Waals surface area (Å²) in [4.78, 5) is 11.2. The zero-order chi connectivity index (χ0) is 12.9. The van der Waals surface area contributed by atoms with Gasteiger partial charge in [0.25, 0.3) is 0 Å². The minimum Gasteiger partial charge on any atom is -0.481 e. The van der Waals surface area contributed by atoms with Crippen LogP contribution in [-0.4, -0.2) is 31.3 Å². The molecule has 0 spiro atoms. The third-order valence-corrected chi connectivity index (χ3v) is 5.75. The van der Waals surface area contributed by atoms with Gasteiger partial charge in [0.2, 0.25) is 10.0 Å². The fourth-order valence-corrected chi connectivity index (χ4v) is 4.26. The number of carboxylic acids is 1. The summed E-state index contributed by atoms with van der Waals surface area (Å²) < 4.78 is 25.8. The van der Waals surface area contributed by atoms with Crippen molar-refractivity contribution in [3.8, 4) is 0 Å². The van der Waals surface area contributed by atoms with Gasteiger partial charge in [-0.05, 0) is 24.5 Å². The first-order chi connectivity index (χ1) is 8.51. The summed E-state index contributed by atoms with van der Waals surface area (Å²) >= 11 is 0. The number of nitrogens with zero attached hydrogens (tertiary/aromatic N) is 1. The van der Waals surface area contributed by atoms with Crippen molar-refractivity contribution in [1.82, 2.24) is 0 Å². The van der Waals surface area contributed by atoms with Crippen LogP contribution < -0.4 is 4.31 Å². The molecule has 0 bridgehead atoms. The van der Waals surface area contributed by atoms with Gasteiger partial charge >= 0.3 is 5.97 Å². The van der Waals surface area contributed by atoms with Crippen LogP contribution in [-0.2, 0) is 14.8 Å². The van der Waals surface area contributed by atoms with E-state index >= 15 is 0 Å². The molecule has 5 nitrogen and oxygen atoms in total. The molecule has 0 amide bonds. The predicted octanol–water partition coefficient (Wildman–Crippen LogP) is 1.17. The lowest BCUT2D eigenvalue weighted by Crippen LogP contribution is -2.33. The van der Waals surface area contributed by atoms with Crippen LogP contribution in [0, 0.1) is 0 Å². The summed E-state index contributed by atoms with van der Waals surface area (Å²) in [5, 5.41) is 8.86. The highest BCUT2D eigenvalue weighted by molar-refractivity contribution is 7.93. The molecular weight excluding hydrogens is 254 g/mol. The topological polar surface area (TPSA) is 74.7 Å². The Bertz CT molecular complexity index is 606. The fourth-order valence-electron chi connectivity index (χ4n) is 2.37. The van der Waals surface area contributed by atoms with E-state index < -0.39 is 21.9 Å². The van der Waals surface area contributed by atoms with E-state index in [9.17, 15) is 18.3 Å². The lowest BCUT2D eigenvalue weighted by Gasteiger charge is -2.19. The van der Waals surface area contributed by atoms with E-state index in [0.29, 0.717) is 24.1 Å². The molecule has 1 aromatic carbocycles. The Morgan fingerprint density at radius 3 is 2.56 bits per heavy atom. The molecule has 18 heavy (non-hydrogen) atoms. The van der Waals surface area contributed by atoms with Crippen LogP contribution >= 0.6 is 0 Å². The van der Waals surface area contributed by atoms with Gasteiger partial charge in [0.1, 0.15) is 5.92 Å². The Balaban J connectivity index is 2.07. The Labute approximate surface area is 105 Å². The summed E-state index contributed by atoms with van der Waals surface area (Å²) in [5.74, 6) is -1.73. The highest BCUT2D eigenvalue weighted by atomic mass is 32.2. The van der Waals surface area contributed by atoms with Crippen molar-refractivity contribution in [2.24, 2.45) is 0 Å².